The van der Waals surface area contributed by atoms with Gasteiger partial charge in [0.1, 0.15) is 5.82 Å². The third kappa shape index (κ3) is 4.42. The first-order valence-corrected chi connectivity index (χ1v) is 10.4. The second-order valence-electron chi connectivity index (χ2n) is 8.11. The van der Waals surface area contributed by atoms with Gasteiger partial charge in [0.05, 0.1) is 0 Å². The smallest absolute Gasteiger partial charge is 0.303 e. The first kappa shape index (κ1) is 20.3. The predicted molar refractivity (Wildman–Crippen MR) is 112 cm³/mol. The number of fused-ring (bicyclic) bond motifs is 1. The second kappa shape index (κ2) is 8.78. The number of likely N-dealkylation sites (tertiary alicyclic amines) is 1. The van der Waals surface area contributed by atoms with E-state index in [4.69, 9.17) is 0 Å². The van der Waals surface area contributed by atoms with Crippen LogP contribution in [-0.4, -0.2) is 47.2 Å². The average Bonchev–Trinajstić information content (AvgIpc) is 2.74. The number of aliphatic imine (C=N–C) groups is 1. The van der Waals surface area contributed by atoms with Gasteiger partial charge in [-0.05, 0) is 72.6 Å². The van der Waals surface area contributed by atoms with E-state index in [-0.39, 0.29) is 30.0 Å². The van der Waals surface area contributed by atoms with Crippen LogP contribution in [0.1, 0.15) is 40.7 Å². The van der Waals surface area contributed by atoms with Crippen molar-refractivity contribution in [2.75, 3.05) is 19.6 Å². The van der Waals surface area contributed by atoms with Gasteiger partial charge in [0.2, 0.25) is 0 Å². The van der Waals surface area contributed by atoms with E-state index in [0.717, 1.165) is 16.8 Å². The largest absolute Gasteiger partial charge is 0.481 e. The van der Waals surface area contributed by atoms with E-state index < -0.39 is 5.97 Å². The average molecular weight is 408 g/mol. The molecule has 2 atom stereocenters. The fourth-order valence-corrected chi connectivity index (χ4v) is 4.62. The Balaban J connectivity index is 1.55. The molecule has 2 aliphatic rings. The molecule has 0 saturated carbocycles. The molecule has 6 heteroatoms. The van der Waals surface area contributed by atoms with Crippen LogP contribution in [0.15, 0.2) is 53.5 Å². The molecule has 0 bridgehead atoms. The highest BCUT2D eigenvalue weighted by atomic mass is 19.1. The predicted octanol–water partition coefficient (Wildman–Crippen LogP) is 3.81. The quantitative estimate of drug-likeness (QED) is 0.818. The Bertz CT molecular complexity index is 974. The van der Waals surface area contributed by atoms with Crippen LogP contribution in [0.25, 0.3) is 0 Å². The van der Waals surface area contributed by atoms with Crippen molar-refractivity contribution in [1.82, 2.24) is 4.90 Å². The summed E-state index contributed by atoms with van der Waals surface area (Å²) < 4.78 is 13.6. The highest BCUT2D eigenvalue weighted by molar-refractivity contribution is 6.02. The van der Waals surface area contributed by atoms with Crippen LogP contribution in [0.5, 0.6) is 0 Å². The molecule has 0 aliphatic carbocycles. The first-order valence-electron chi connectivity index (χ1n) is 10.4. The second-order valence-corrected chi connectivity index (χ2v) is 8.11. The zero-order valence-electron chi connectivity index (χ0n) is 16.8. The van der Waals surface area contributed by atoms with Gasteiger partial charge in [-0.1, -0.05) is 18.2 Å². The molecule has 0 spiro atoms. The molecule has 0 unspecified atom stereocenters. The maximum absolute atomic E-state index is 13.6. The number of carboxylic acids is 1. The molecule has 156 valence electrons. The Hall–Kier alpha value is -3.02. The van der Waals surface area contributed by atoms with Crippen LogP contribution < -0.4 is 0 Å². The summed E-state index contributed by atoms with van der Waals surface area (Å²) in [5.74, 6) is -1.12. The number of aliphatic carboxylic acids is 1. The summed E-state index contributed by atoms with van der Waals surface area (Å²) in [5, 5.41) is 9.38. The Morgan fingerprint density at radius 2 is 1.93 bits per heavy atom. The van der Waals surface area contributed by atoms with Gasteiger partial charge in [0, 0.05) is 37.3 Å². The number of rotatable bonds is 5. The summed E-state index contributed by atoms with van der Waals surface area (Å²) in [7, 11) is 0. The zero-order valence-corrected chi connectivity index (χ0v) is 16.8. The van der Waals surface area contributed by atoms with Gasteiger partial charge in [0.25, 0.3) is 5.91 Å². The normalized spacial score (nSPS) is 21.0. The third-order valence-corrected chi connectivity index (χ3v) is 6.15. The number of benzene rings is 2. The van der Waals surface area contributed by atoms with Crippen molar-refractivity contribution in [2.45, 2.75) is 25.7 Å². The van der Waals surface area contributed by atoms with Crippen molar-refractivity contribution in [3.05, 3.63) is 71.0 Å². The minimum absolute atomic E-state index is 0.00253. The lowest BCUT2D eigenvalue weighted by Gasteiger charge is -2.39. The van der Waals surface area contributed by atoms with Gasteiger partial charge in [-0.15, -0.1) is 0 Å². The zero-order chi connectivity index (χ0) is 21.1. The van der Waals surface area contributed by atoms with Crippen molar-refractivity contribution in [3.8, 4) is 0 Å². The van der Waals surface area contributed by atoms with Crippen molar-refractivity contribution in [2.24, 2.45) is 16.8 Å². The van der Waals surface area contributed by atoms with Crippen LogP contribution in [0.3, 0.4) is 0 Å². The lowest BCUT2D eigenvalue weighted by atomic mass is 9.78. The number of carbonyl (C=O) groups excluding carboxylic acids is 1. The van der Waals surface area contributed by atoms with Crippen LogP contribution in [-0.2, 0) is 11.2 Å². The summed E-state index contributed by atoms with van der Waals surface area (Å²) >= 11 is 0. The number of amides is 1. The maximum atomic E-state index is 13.6. The molecule has 2 heterocycles. The fourth-order valence-electron chi connectivity index (χ4n) is 4.62. The molecule has 1 N–H and O–H groups in total. The minimum Gasteiger partial charge on any atom is -0.481 e. The molecule has 1 amide bonds. The molecule has 30 heavy (non-hydrogen) atoms. The van der Waals surface area contributed by atoms with E-state index in [1.165, 1.54) is 6.07 Å². The molecule has 2 aromatic rings. The van der Waals surface area contributed by atoms with Crippen LogP contribution in [0, 0.1) is 17.7 Å². The SMILES string of the molecule is O=C(O)C[C@@H]1CCN(C(=O)c2ccccc2)C[C@@H]1CC1=NCCc2cc(F)ccc21. The highest BCUT2D eigenvalue weighted by Gasteiger charge is 2.34. The summed E-state index contributed by atoms with van der Waals surface area (Å²) in [6, 6.07) is 13.9. The monoisotopic (exact) mass is 408 g/mol. The molecule has 0 radical (unpaired) electrons. The molecule has 0 aromatic heterocycles. The molecular formula is C24H25FN2O3. The molecule has 2 aromatic carbocycles. The molecule has 2 aliphatic heterocycles. The number of carboxylic acid groups (broad SMARTS) is 1. The molecular weight excluding hydrogens is 383 g/mol. The van der Waals surface area contributed by atoms with E-state index >= 15 is 0 Å². The number of piperidine rings is 1. The lowest BCUT2D eigenvalue weighted by Crippen LogP contribution is -2.45. The van der Waals surface area contributed by atoms with E-state index in [0.29, 0.717) is 44.5 Å². The minimum atomic E-state index is -0.819. The molecule has 4 rings (SSSR count). The van der Waals surface area contributed by atoms with E-state index in [9.17, 15) is 19.1 Å². The number of hydrogen-bond donors (Lipinski definition) is 1. The first-order chi connectivity index (χ1) is 14.5. The Morgan fingerprint density at radius 3 is 2.70 bits per heavy atom. The number of nitrogens with zero attached hydrogens (tertiary/aromatic N) is 2. The van der Waals surface area contributed by atoms with Crippen molar-refractivity contribution in [3.63, 3.8) is 0 Å². The van der Waals surface area contributed by atoms with Gasteiger partial charge in [-0.25, -0.2) is 4.39 Å². The summed E-state index contributed by atoms with van der Waals surface area (Å²) in [6.45, 7) is 1.66. The van der Waals surface area contributed by atoms with E-state index in [2.05, 4.69) is 4.99 Å². The lowest BCUT2D eigenvalue weighted by molar-refractivity contribution is -0.138. The molecule has 5 nitrogen and oxygen atoms in total. The van der Waals surface area contributed by atoms with Gasteiger partial charge >= 0.3 is 5.97 Å². The Labute approximate surface area is 175 Å². The molecule has 1 saturated heterocycles. The van der Waals surface area contributed by atoms with Crippen LogP contribution >= 0.6 is 0 Å². The summed E-state index contributed by atoms with van der Waals surface area (Å²) in [4.78, 5) is 30.9. The van der Waals surface area contributed by atoms with E-state index in [1.54, 1.807) is 24.3 Å². The molecule has 1 fully saturated rings. The van der Waals surface area contributed by atoms with Crippen LogP contribution in [0.2, 0.25) is 0 Å². The Morgan fingerprint density at radius 1 is 1.13 bits per heavy atom. The van der Waals surface area contributed by atoms with Crippen molar-refractivity contribution < 1.29 is 19.1 Å². The van der Waals surface area contributed by atoms with Crippen molar-refractivity contribution >= 4 is 17.6 Å². The van der Waals surface area contributed by atoms with Gasteiger partial charge in [0.15, 0.2) is 0 Å². The number of hydrogen-bond acceptors (Lipinski definition) is 3. The number of halogens is 1. The highest BCUT2D eigenvalue weighted by Crippen LogP contribution is 2.32. The standard InChI is InChI=1S/C24H25FN2O3/c25-20-6-7-21-18(12-20)8-10-26-22(21)13-19-15-27(11-9-17(19)14-23(28)29)24(30)16-4-2-1-3-5-16/h1-7,12,17,19H,8-11,13-15H2,(H,28,29)/t17-,19-/m0/s1. The summed E-state index contributed by atoms with van der Waals surface area (Å²) in [6.07, 6.45) is 2.04. The van der Waals surface area contributed by atoms with Gasteiger partial charge in [-0.3, -0.25) is 14.6 Å². The van der Waals surface area contributed by atoms with Gasteiger partial charge < -0.3 is 10.0 Å². The van der Waals surface area contributed by atoms with Crippen molar-refractivity contribution in [1.29, 1.82) is 0 Å². The topological polar surface area (TPSA) is 70.0 Å². The summed E-state index contributed by atoms with van der Waals surface area (Å²) in [5.41, 5.74) is 3.43. The Kier molecular flexibility index (Phi) is 5.93. The van der Waals surface area contributed by atoms with Crippen LogP contribution in [0.4, 0.5) is 4.39 Å². The maximum Gasteiger partial charge on any atom is 0.303 e. The fraction of sp³-hybridized carbons (Fsp3) is 0.375. The van der Waals surface area contributed by atoms with Gasteiger partial charge in [-0.2, -0.15) is 0 Å². The third-order valence-electron chi connectivity index (χ3n) is 6.15. The van der Waals surface area contributed by atoms with E-state index in [1.807, 2.05) is 23.1 Å². The number of carbonyl (C=O) groups is 2.